The fourth-order valence-electron chi connectivity index (χ4n) is 3.27. The van der Waals surface area contributed by atoms with Crippen LogP contribution >= 0.6 is 11.8 Å². The van der Waals surface area contributed by atoms with Gasteiger partial charge in [0.2, 0.25) is 0 Å². The Bertz CT molecular complexity index is 233. The molecule has 1 aliphatic rings. The molecule has 1 saturated heterocycles. The van der Waals surface area contributed by atoms with Gasteiger partial charge in [-0.2, -0.15) is 11.8 Å². The lowest BCUT2D eigenvalue weighted by Gasteiger charge is -2.42. The van der Waals surface area contributed by atoms with Gasteiger partial charge in [-0.3, -0.25) is 4.90 Å². The zero-order valence-electron chi connectivity index (χ0n) is 14.2. The molecule has 1 rings (SSSR count). The summed E-state index contributed by atoms with van der Waals surface area (Å²) in [6.45, 7) is 10.8. The molecule has 1 aliphatic heterocycles. The fraction of sp³-hybridized carbons (Fsp3) is 1.00. The summed E-state index contributed by atoms with van der Waals surface area (Å²) in [4.78, 5) is 2.77. The standard InChI is InChI=1S/C17H36N2S/c1-5-10-16-14-19(17(13-18-16)15(2)3)11-8-6-7-9-12-20-4/h15-18H,5-14H2,1-4H3. The summed E-state index contributed by atoms with van der Waals surface area (Å²) >= 11 is 1.98. The van der Waals surface area contributed by atoms with E-state index in [9.17, 15) is 0 Å². The highest BCUT2D eigenvalue weighted by Crippen LogP contribution is 2.18. The Labute approximate surface area is 131 Å². The second-order valence-corrected chi connectivity index (χ2v) is 7.59. The van der Waals surface area contributed by atoms with Crippen molar-refractivity contribution in [1.29, 1.82) is 0 Å². The molecular formula is C17H36N2S. The molecule has 0 radical (unpaired) electrons. The van der Waals surface area contributed by atoms with Gasteiger partial charge in [0.1, 0.15) is 0 Å². The van der Waals surface area contributed by atoms with Gasteiger partial charge in [0, 0.05) is 25.2 Å². The minimum absolute atomic E-state index is 0.728. The monoisotopic (exact) mass is 300 g/mol. The van der Waals surface area contributed by atoms with Crippen molar-refractivity contribution >= 4 is 11.8 Å². The molecule has 0 saturated carbocycles. The summed E-state index contributed by atoms with van der Waals surface area (Å²) in [5, 5.41) is 3.76. The van der Waals surface area contributed by atoms with Crippen LogP contribution in [0.1, 0.15) is 59.3 Å². The molecule has 0 spiro atoms. The molecule has 0 bridgehead atoms. The zero-order chi connectivity index (χ0) is 14.8. The molecule has 0 aromatic carbocycles. The Hall–Kier alpha value is 0.270. The van der Waals surface area contributed by atoms with Crippen molar-refractivity contribution in [1.82, 2.24) is 10.2 Å². The van der Waals surface area contributed by atoms with Crippen LogP contribution in [0.5, 0.6) is 0 Å². The van der Waals surface area contributed by atoms with E-state index in [2.05, 4.69) is 37.2 Å². The first-order valence-corrected chi connectivity index (χ1v) is 10.0. The van der Waals surface area contributed by atoms with Gasteiger partial charge in [-0.25, -0.2) is 0 Å². The largest absolute Gasteiger partial charge is 0.311 e. The number of hydrogen-bond acceptors (Lipinski definition) is 3. The fourth-order valence-corrected chi connectivity index (χ4v) is 3.76. The van der Waals surface area contributed by atoms with Crippen LogP contribution in [0, 0.1) is 5.92 Å². The van der Waals surface area contributed by atoms with Gasteiger partial charge in [0.15, 0.2) is 0 Å². The van der Waals surface area contributed by atoms with Gasteiger partial charge < -0.3 is 5.32 Å². The maximum absolute atomic E-state index is 3.76. The Morgan fingerprint density at radius 2 is 1.95 bits per heavy atom. The van der Waals surface area contributed by atoms with Crippen LogP contribution in [-0.4, -0.2) is 48.6 Å². The first-order chi connectivity index (χ1) is 9.69. The summed E-state index contributed by atoms with van der Waals surface area (Å²) in [6.07, 6.45) is 10.4. The van der Waals surface area contributed by atoms with Crippen LogP contribution in [0.3, 0.4) is 0 Å². The average Bonchev–Trinajstić information content (AvgIpc) is 2.43. The molecule has 1 N–H and O–H groups in total. The molecule has 2 atom stereocenters. The summed E-state index contributed by atoms with van der Waals surface area (Å²) in [6, 6.07) is 1.47. The normalized spacial score (nSPS) is 24.4. The van der Waals surface area contributed by atoms with Gasteiger partial charge in [-0.15, -0.1) is 0 Å². The minimum atomic E-state index is 0.728. The van der Waals surface area contributed by atoms with E-state index in [1.165, 1.54) is 63.9 Å². The van der Waals surface area contributed by atoms with Crippen LogP contribution in [-0.2, 0) is 0 Å². The van der Waals surface area contributed by atoms with E-state index in [-0.39, 0.29) is 0 Å². The van der Waals surface area contributed by atoms with Gasteiger partial charge in [0.05, 0.1) is 0 Å². The highest BCUT2D eigenvalue weighted by molar-refractivity contribution is 7.98. The molecule has 0 aliphatic carbocycles. The number of piperazine rings is 1. The van der Waals surface area contributed by atoms with E-state index in [4.69, 9.17) is 0 Å². The number of thioether (sulfide) groups is 1. The lowest BCUT2D eigenvalue weighted by molar-refractivity contribution is 0.0937. The van der Waals surface area contributed by atoms with Crippen LogP contribution < -0.4 is 5.32 Å². The van der Waals surface area contributed by atoms with Crippen LogP contribution in [0.4, 0.5) is 0 Å². The van der Waals surface area contributed by atoms with Crippen molar-refractivity contribution in [3.8, 4) is 0 Å². The summed E-state index contributed by atoms with van der Waals surface area (Å²) in [5.41, 5.74) is 0. The Morgan fingerprint density at radius 3 is 2.60 bits per heavy atom. The van der Waals surface area contributed by atoms with Crippen molar-refractivity contribution in [3.63, 3.8) is 0 Å². The highest BCUT2D eigenvalue weighted by atomic mass is 32.2. The van der Waals surface area contributed by atoms with Gasteiger partial charge in [0.25, 0.3) is 0 Å². The van der Waals surface area contributed by atoms with Gasteiger partial charge in [-0.1, -0.05) is 40.0 Å². The second kappa shape index (κ2) is 10.9. The van der Waals surface area contributed by atoms with E-state index >= 15 is 0 Å². The maximum atomic E-state index is 3.76. The molecule has 20 heavy (non-hydrogen) atoms. The quantitative estimate of drug-likeness (QED) is 0.614. The number of nitrogens with one attached hydrogen (secondary N) is 1. The van der Waals surface area contributed by atoms with E-state index < -0.39 is 0 Å². The number of hydrogen-bond donors (Lipinski definition) is 1. The third-order valence-electron chi connectivity index (χ3n) is 4.49. The predicted octanol–water partition coefficient (Wildman–Crippen LogP) is 4.01. The highest BCUT2D eigenvalue weighted by Gasteiger charge is 2.28. The van der Waals surface area contributed by atoms with Crippen LogP contribution in [0.15, 0.2) is 0 Å². The van der Waals surface area contributed by atoms with Gasteiger partial charge in [-0.05, 0) is 43.7 Å². The van der Waals surface area contributed by atoms with Crippen molar-refractivity contribution < 1.29 is 0 Å². The van der Waals surface area contributed by atoms with E-state index in [1.54, 1.807) is 0 Å². The third-order valence-corrected chi connectivity index (χ3v) is 5.19. The van der Waals surface area contributed by atoms with E-state index in [0.29, 0.717) is 0 Å². The van der Waals surface area contributed by atoms with Crippen LogP contribution in [0.25, 0.3) is 0 Å². The summed E-state index contributed by atoms with van der Waals surface area (Å²) in [7, 11) is 0. The van der Waals surface area contributed by atoms with E-state index in [1.807, 2.05) is 11.8 Å². The molecular weight excluding hydrogens is 264 g/mol. The molecule has 2 nitrogen and oxygen atoms in total. The van der Waals surface area contributed by atoms with Gasteiger partial charge >= 0.3 is 0 Å². The SMILES string of the molecule is CCCC1CN(CCCCCCSC)C(C(C)C)CN1. The van der Waals surface area contributed by atoms with Crippen molar-refractivity contribution in [2.75, 3.05) is 31.6 Å². The zero-order valence-corrected chi connectivity index (χ0v) is 15.0. The smallest absolute Gasteiger partial charge is 0.0244 e. The topological polar surface area (TPSA) is 15.3 Å². The summed E-state index contributed by atoms with van der Waals surface area (Å²) < 4.78 is 0. The van der Waals surface area contributed by atoms with Crippen molar-refractivity contribution in [3.05, 3.63) is 0 Å². The Kier molecular flexibility index (Phi) is 10.0. The first-order valence-electron chi connectivity index (χ1n) is 8.65. The predicted molar refractivity (Wildman–Crippen MR) is 93.7 cm³/mol. The molecule has 3 heteroatoms. The first kappa shape index (κ1) is 18.3. The molecule has 1 heterocycles. The van der Waals surface area contributed by atoms with Crippen LogP contribution in [0.2, 0.25) is 0 Å². The molecule has 2 unspecified atom stereocenters. The van der Waals surface area contributed by atoms with Crippen molar-refractivity contribution in [2.45, 2.75) is 71.4 Å². The summed E-state index contributed by atoms with van der Waals surface area (Å²) in [5.74, 6) is 2.10. The third kappa shape index (κ3) is 6.82. The number of nitrogens with zero attached hydrogens (tertiary/aromatic N) is 1. The second-order valence-electron chi connectivity index (χ2n) is 6.61. The van der Waals surface area contributed by atoms with Crippen molar-refractivity contribution in [2.24, 2.45) is 5.92 Å². The Balaban J connectivity index is 2.28. The maximum Gasteiger partial charge on any atom is 0.0244 e. The Morgan fingerprint density at radius 1 is 1.20 bits per heavy atom. The minimum Gasteiger partial charge on any atom is -0.311 e. The number of unbranched alkanes of at least 4 members (excludes halogenated alkanes) is 3. The van der Waals surface area contributed by atoms with E-state index in [0.717, 1.165) is 18.0 Å². The lowest BCUT2D eigenvalue weighted by Crippen LogP contribution is -2.58. The molecule has 0 aromatic heterocycles. The molecule has 0 amide bonds. The lowest BCUT2D eigenvalue weighted by atomic mass is 9.96. The average molecular weight is 301 g/mol. The number of rotatable bonds is 10. The molecule has 120 valence electrons. The molecule has 1 fully saturated rings. The molecule has 0 aromatic rings.